The highest BCUT2D eigenvalue weighted by Crippen LogP contribution is 2.40. The van der Waals surface area contributed by atoms with Gasteiger partial charge >= 0.3 is 0 Å². The lowest BCUT2D eigenvalue weighted by Crippen LogP contribution is -2.00. The predicted octanol–water partition coefficient (Wildman–Crippen LogP) is 2.32. The first-order valence-corrected chi connectivity index (χ1v) is 5.26. The summed E-state index contributed by atoms with van der Waals surface area (Å²) in [4.78, 5) is 0. The van der Waals surface area contributed by atoms with E-state index < -0.39 is 6.10 Å². The van der Waals surface area contributed by atoms with Gasteiger partial charge in [0.25, 0.3) is 0 Å². The van der Waals surface area contributed by atoms with E-state index in [9.17, 15) is 5.11 Å². The summed E-state index contributed by atoms with van der Waals surface area (Å²) in [5, 5.41) is 9.90. The van der Waals surface area contributed by atoms with Gasteiger partial charge in [-0.1, -0.05) is 6.08 Å². The van der Waals surface area contributed by atoms with E-state index in [4.69, 9.17) is 14.2 Å². The van der Waals surface area contributed by atoms with Crippen LogP contribution in [-0.2, 0) is 0 Å². The molecule has 0 fully saturated rings. The summed E-state index contributed by atoms with van der Waals surface area (Å²) < 4.78 is 15.6. The number of benzene rings is 1. The first-order valence-electron chi connectivity index (χ1n) is 5.26. The van der Waals surface area contributed by atoms with Gasteiger partial charge in [-0.25, -0.2) is 0 Å². The van der Waals surface area contributed by atoms with Gasteiger partial charge in [-0.15, -0.1) is 6.58 Å². The molecular weight excluding hydrogens is 220 g/mol. The second-order valence-electron chi connectivity index (χ2n) is 3.50. The fourth-order valence-electron chi connectivity index (χ4n) is 1.59. The fourth-order valence-corrected chi connectivity index (χ4v) is 1.59. The number of rotatable bonds is 6. The number of methoxy groups -OCH3 is 3. The van der Waals surface area contributed by atoms with Gasteiger partial charge in [0, 0.05) is 0 Å². The number of aliphatic hydroxyl groups is 1. The number of aliphatic hydroxyl groups excluding tert-OH is 1. The van der Waals surface area contributed by atoms with Gasteiger partial charge in [-0.3, -0.25) is 0 Å². The third-order valence-electron chi connectivity index (χ3n) is 2.46. The van der Waals surface area contributed by atoms with Crippen molar-refractivity contribution in [3.8, 4) is 17.2 Å². The molecule has 0 spiro atoms. The molecule has 4 nitrogen and oxygen atoms in total. The molecule has 0 unspecified atom stereocenters. The summed E-state index contributed by atoms with van der Waals surface area (Å²) >= 11 is 0. The van der Waals surface area contributed by atoms with E-state index in [0.717, 1.165) is 0 Å². The minimum absolute atomic E-state index is 0.471. The summed E-state index contributed by atoms with van der Waals surface area (Å²) in [6, 6.07) is 3.46. The van der Waals surface area contributed by atoms with Crippen LogP contribution in [-0.4, -0.2) is 26.4 Å². The van der Waals surface area contributed by atoms with Crippen molar-refractivity contribution in [3.63, 3.8) is 0 Å². The lowest BCUT2D eigenvalue weighted by molar-refractivity contribution is 0.180. The van der Waals surface area contributed by atoms with Crippen LogP contribution in [0.25, 0.3) is 0 Å². The van der Waals surface area contributed by atoms with Crippen LogP contribution in [0.1, 0.15) is 18.1 Å². The van der Waals surface area contributed by atoms with Crippen molar-refractivity contribution >= 4 is 0 Å². The van der Waals surface area contributed by atoms with E-state index >= 15 is 0 Å². The van der Waals surface area contributed by atoms with Gasteiger partial charge < -0.3 is 19.3 Å². The Hall–Kier alpha value is -1.68. The van der Waals surface area contributed by atoms with E-state index in [-0.39, 0.29) is 0 Å². The topological polar surface area (TPSA) is 47.9 Å². The van der Waals surface area contributed by atoms with E-state index in [1.165, 1.54) is 0 Å². The maximum atomic E-state index is 9.90. The number of ether oxygens (including phenoxy) is 3. The Morgan fingerprint density at radius 2 is 1.71 bits per heavy atom. The van der Waals surface area contributed by atoms with E-state index in [1.807, 2.05) is 0 Å². The summed E-state index contributed by atoms with van der Waals surface area (Å²) in [5.41, 5.74) is 0.708. The molecule has 1 rings (SSSR count). The molecule has 1 N–H and O–H groups in total. The van der Waals surface area contributed by atoms with Crippen molar-refractivity contribution in [3.05, 3.63) is 30.4 Å². The second kappa shape index (κ2) is 6.15. The Morgan fingerprint density at radius 1 is 1.18 bits per heavy atom. The SMILES string of the molecule is C=CC[C@@H](O)c1cc(OC)c(OC)c(OC)c1. The van der Waals surface area contributed by atoms with Crippen molar-refractivity contribution in [1.82, 2.24) is 0 Å². The summed E-state index contributed by atoms with van der Waals surface area (Å²) in [5.74, 6) is 1.58. The Labute approximate surface area is 101 Å². The summed E-state index contributed by atoms with van der Waals surface area (Å²) in [6.45, 7) is 3.60. The highest BCUT2D eigenvalue weighted by Gasteiger charge is 2.16. The molecule has 0 aromatic heterocycles. The molecule has 1 atom stereocenters. The molecule has 0 radical (unpaired) electrons. The predicted molar refractivity (Wildman–Crippen MR) is 65.9 cm³/mol. The zero-order valence-electron chi connectivity index (χ0n) is 10.4. The molecule has 0 saturated carbocycles. The Bertz CT molecular complexity index is 362. The Balaban J connectivity index is 3.21. The molecule has 0 amide bonds. The zero-order chi connectivity index (χ0) is 12.8. The van der Waals surface area contributed by atoms with Crippen LogP contribution >= 0.6 is 0 Å². The molecule has 0 saturated heterocycles. The maximum Gasteiger partial charge on any atom is 0.203 e. The van der Waals surface area contributed by atoms with Crippen LogP contribution < -0.4 is 14.2 Å². The van der Waals surface area contributed by atoms with Gasteiger partial charge in [0.15, 0.2) is 11.5 Å². The van der Waals surface area contributed by atoms with Crippen LogP contribution in [0.15, 0.2) is 24.8 Å². The van der Waals surface area contributed by atoms with E-state index in [1.54, 1.807) is 39.5 Å². The number of hydrogen-bond donors (Lipinski definition) is 1. The van der Waals surface area contributed by atoms with Gasteiger partial charge in [0.2, 0.25) is 5.75 Å². The zero-order valence-corrected chi connectivity index (χ0v) is 10.4. The van der Waals surface area contributed by atoms with Crippen molar-refractivity contribution in [2.75, 3.05) is 21.3 Å². The Morgan fingerprint density at radius 3 is 2.06 bits per heavy atom. The van der Waals surface area contributed by atoms with Crippen molar-refractivity contribution in [2.45, 2.75) is 12.5 Å². The quantitative estimate of drug-likeness (QED) is 0.773. The highest BCUT2D eigenvalue weighted by molar-refractivity contribution is 5.54. The van der Waals surface area contributed by atoms with Crippen LogP contribution in [0.5, 0.6) is 17.2 Å². The van der Waals surface area contributed by atoms with E-state index in [2.05, 4.69) is 6.58 Å². The van der Waals surface area contributed by atoms with Crippen LogP contribution in [0.2, 0.25) is 0 Å². The third-order valence-corrected chi connectivity index (χ3v) is 2.46. The molecule has 17 heavy (non-hydrogen) atoms. The van der Waals surface area contributed by atoms with Crippen LogP contribution in [0.3, 0.4) is 0 Å². The lowest BCUT2D eigenvalue weighted by Gasteiger charge is -2.16. The first-order chi connectivity index (χ1) is 8.17. The second-order valence-corrected chi connectivity index (χ2v) is 3.50. The largest absolute Gasteiger partial charge is 0.493 e. The average molecular weight is 238 g/mol. The minimum atomic E-state index is -0.624. The molecule has 0 aliphatic carbocycles. The smallest absolute Gasteiger partial charge is 0.203 e. The summed E-state index contributed by atoms with van der Waals surface area (Å²) in [7, 11) is 4.63. The molecule has 1 aromatic carbocycles. The minimum Gasteiger partial charge on any atom is -0.493 e. The van der Waals surface area contributed by atoms with Crippen LogP contribution in [0.4, 0.5) is 0 Å². The maximum absolute atomic E-state index is 9.90. The standard InChI is InChI=1S/C13H18O4/c1-5-6-10(14)9-7-11(15-2)13(17-4)12(8-9)16-3/h5,7-8,10,14H,1,6H2,2-4H3/t10-/m1/s1. The fraction of sp³-hybridized carbons (Fsp3) is 0.385. The molecule has 1 aromatic rings. The molecule has 94 valence electrons. The normalized spacial score (nSPS) is 11.8. The third kappa shape index (κ3) is 2.91. The average Bonchev–Trinajstić information content (AvgIpc) is 2.37. The highest BCUT2D eigenvalue weighted by atomic mass is 16.5. The number of hydrogen-bond acceptors (Lipinski definition) is 4. The molecular formula is C13H18O4. The van der Waals surface area contributed by atoms with Gasteiger partial charge in [-0.05, 0) is 24.1 Å². The van der Waals surface area contributed by atoms with Gasteiger partial charge in [-0.2, -0.15) is 0 Å². The molecule has 0 heterocycles. The summed E-state index contributed by atoms with van der Waals surface area (Å²) in [6.07, 6.45) is 1.51. The lowest BCUT2D eigenvalue weighted by atomic mass is 10.1. The molecule has 0 aliphatic rings. The monoisotopic (exact) mass is 238 g/mol. The van der Waals surface area contributed by atoms with Crippen LogP contribution in [0, 0.1) is 0 Å². The van der Waals surface area contributed by atoms with Gasteiger partial charge in [0.05, 0.1) is 27.4 Å². The van der Waals surface area contributed by atoms with Crippen molar-refractivity contribution < 1.29 is 19.3 Å². The first kappa shape index (κ1) is 13.4. The van der Waals surface area contributed by atoms with E-state index in [0.29, 0.717) is 29.2 Å². The van der Waals surface area contributed by atoms with Crippen molar-refractivity contribution in [2.24, 2.45) is 0 Å². The Kier molecular flexibility index (Phi) is 4.84. The molecule has 4 heteroatoms. The van der Waals surface area contributed by atoms with Crippen molar-refractivity contribution in [1.29, 1.82) is 0 Å². The molecule has 0 bridgehead atoms. The van der Waals surface area contributed by atoms with Gasteiger partial charge in [0.1, 0.15) is 0 Å². The molecule has 0 aliphatic heterocycles.